The van der Waals surface area contributed by atoms with Crippen LogP contribution < -0.4 is 5.32 Å². The zero-order chi connectivity index (χ0) is 10.7. The first-order valence-corrected chi connectivity index (χ1v) is 6.07. The molecule has 15 heavy (non-hydrogen) atoms. The van der Waals surface area contributed by atoms with Gasteiger partial charge < -0.3 is 15.2 Å². The van der Waals surface area contributed by atoms with Crippen molar-refractivity contribution >= 4 is 34.8 Å². The quantitative estimate of drug-likeness (QED) is 0.844. The topological polar surface area (TPSA) is 58.6 Å². The van der Waals surface area contributed by atoms with E-state index in [1.807, 2.05) is 22.9 Å². The third kappa shape index (κ3) is 2.74. The number of thioether (sulfide) groups is 1. The Bertz CT molecular complexity index is 375. The highest BCUT2D eigenvalue weighted by atomic mass is 32.2. The first-order chi connectivity index (χ1) is 7.25. The largest absolute Gasteiger partial charge is 0.480 e. The number of hydrogen-bond donors (Lipinski definition) is 2. The van der Waals surface area contributed by atoms with Gasteiger partial charge in [-0.15, -0.1) is 11.3 Å². The smallest absolute Gasteiger partial charge is 0.329 e. The van der Waals surface area contributed by atoms with Crippen LogP contribution in [0, 0.1) is 0 Å². The third-order valence-electron chi connectivity index (χ3n) is 1.73. The molecule has 0 aliphatic carbocycles. The van der Waals surface area contributed by atoms with Gasteiger partial charge in [0, 0.05) is 5.41 Å². The molecule has 2 rings (SSSR count). The van der Waals surface area contributed by atoms with E-state index in [1.165, 1.54) is 11.8 Å². The van der Waals surface area contributed by atoms with Crippen molar-refractivity contribution in [1.82, 2.24) is 5.32 Å². The molecule has 80 valence electrons. The number of hydrogen-bond acceptors (Lipinski definition) is 5. The van der Waals surface area contributed by atoms with Crippen molar-refractivity contribution in [1.29, 1.82) is 0 Å². The van der Waals surface area contributed by atoms with Gasteiger partial charge in [0.2, 0.25) is 0 Å². The van der Waals surface area contributed by atoms with Crippen LogP contribution in [-0.4, -0.2) is 23.2 Å². The van der Waals surface area contributed by atoms with E-state index >= 15 is 0 Å². The first kappa shape index (κ1) is 10.5. The third-order valence-corrected chi connectivity index (χ3v) is 3.50. The number of thiophene rings is 1. The van der Waals surface area contributed by atoms with E-state index < -0.39 is 5.97 Å². The van der Waals surface area contributed by atoms with Crippen LogP contribution in [0.2, 0.25) is 0 Å². The zero-order valence-electron chi connectivity index (χ0n) is 7.67. The zero-order valence-corrected chi connectivity index (χ0v) is 9.31. The van der Waals surface area contributed by atoms with Gasteiger partial charge in [-0.3, -0.25) is 0 Å². The summed E-state index contributed by atoms with van der Waals surface area (Å²) in [6.07, 6.45) is 0. The molecule has 0 saturated carbocycles. The second kappa shape index (κ2) is 4.69. The molecule has 1 aromatic rings. The Morgan fingerprint density at radius 3 is 3.20 bits per heavy atom. The SMILES string of the molecule is O=C(O)COC1NC(c2cccs2)=CS1. The Kier molecular flexibility index (Phi) is 3.30. The molecule has 0 aromatic carbocycles. The van der Waals surface area contributed by atoms with Crippen LogP contribution in [-0.2, 0) is 9.53 Å². The molecule has 1 aliphatic rings. The highest BCUT2D eigenvalue weighted by Crippen LogP contribution is 2.29. The van der Waals surface area contributed by atoms with Crippen LogP contribution in [0.15, 0.2) is 22.9 Å². The fraction of sp³-hybridized carbons (Fsp3) is 0.222. The summed E-state index contributed by atoms with van der Waals surface area (Å²) in [5.41, 5.74) is 0.698. The lowest BCUT2D eigenvalue weighted by Crippen LogP contribution is -2.25. The van der Waals surface area contributed by atoms with E-state index in [4.69, 9.17) is 9.84 Å². The monoisotopic (exact) mass is 243 g/mol. The highest BCUT2D eigenvalue weighted by Gasteiger charge is 2.19. The molecule has 1 aromatic heterocycles. The average molecular weight is 243 g/mol. The van der Waals surface area contributed by atoms with Crippen LogP contribution in [0.1, 0.15) is 4.88 Å². The molecule has 0 spiro atoms. The minimum Gasteiger partial charge on any atom is -0.480 e. The maximum Gasteiger partial charge on any atom is 0.329 e. The number of aliphatic carboxylic acids is 1. The van der Waals surface area contributed by atoms with Crippen LogP contribution in [0.5, 0.6) is 0 Å². The van der Waals surface area contributed by atoms with E-state index in [-0.39, 0.29) is 12.2 Å². The van der Waals surface area contributed by atoms with Crippen LogP contribution in [0.3, 0.4) is 0 Å². The molecule has 0 saturated heterocycles. The fourth-order valence-corrected chi connectivity index (χ4v) is 2.69. The van der Waals surface area contributed by atoms with Crippen LogP contribution in [0.4, 0.5) is 0 Å². The molecule has 2 N–H and O–H groups in total. The van der Waals surface area contributed by atoms with Gasteiger partial charge in [0.1, 0.15) is 6.61 Å². The summed E-state index contributed by atoms with van der Waals surface area (Å²) < 4.78 is 5.10. The van der Waals surface area contributed by atoms with Crippen molar-refractivity contribution in [3.63, 3.8) is 0 Å². The van der Waals surface area contributed by atoms with E-state index in [9.17, 15) is 4.79 Å². The number of rotatable bonds is 4. The van der Waals surface area contributed by atoms with Gasteiger partial charge in [-0.1, -0.05) is 17.8 Å². The molecule has 1 atom stereocenters. The van der Waals surface area contributed by atoms with Crippen molar-refractivity contribution in [2.24, 2.45) is 0 Å². The second-order valence-electron chi connectivity index (χ2n) is 2.83. The van der Waals surface area contributed by atoms with Gasteiger partial charge in [0.25, 0.3) is 0 Å². The van der Waals surface area contributed by atoms with E-state index in [1.54, 1.807) is 11.3 Å². The second-order valence-corrected chi connectivity index (χ2v) is 4.71. The summed E-state index contributed by atoms with van der Waals surface area (Å²) in [6, 6.07) is 3.97. The van der Waals surface area contributed by atoms with Gasteiger partial charge in [0.15, 0.2) is 5.56 Å². The molecule has 1 aliphatic heterocycles. The van der Waals surface area contributed by atoms with E-state index in [2.05, 4.69) is 5.32 Å². The first-order valence-electron chi connectivity index (χ1n) is 4.25. The van der Waals surface area contributed by atoms with E-state index in [0.717, 1.165) is 10.6 Å². The van der Waals surface area contributed by atoms with Gasteiger partial charge >= 0.3 is 5.97 Å². The molecule has 0 bridgehead atoms. The standard InChI is InChI=1S/C9H9NO3S2/c11-8(12)4-13-9-10-6(5-15-9)7-2-1-3-14-7/h1-3,5,9-10H,4H2,(H,11,12). The van der Waals surface area contributed by atoms with Gasteiger partial charge in [0.05, 0.1) is 10.6 Å². The van der Waals surface area contributed by atoms with Crippen molar-refractivity contribution in [2.75, 3.05) is 6.61 Å². The molecule has 0 fully saturated rings. The predicted octanol–water partition coefficient (Wildman–Crippen LogP) is 1.77. The fourth-order valence-electron chi connectivity index (χ4n) is 1.11. The molecular weight excluding hydrogens is 234 g/mol. The molecular formula is C9H9NO3S2. The molecule has 0 amide bonds. The summed E-state index contributed by atoms with van der Waals surface area (Å²) in [5, 5.41) is 15.5. The molecule has 6 heteroatoms. The summed E-state index contributed by atoms with van der Waals surface area (Å²) in [7, 11) is 0. The Morgan fingerprint density at radius 1 is 1.67 bits per heavy atom. The summed E-state index contributed by atoms with van der Waals surface area (Å²) in [5.74, 6) is -0.957. The molecule has 2 heterocycles. The van der Waals surface area contributed by atoms with Crippen molar-refractivity contribution in [3.05, 3.63) is 27.8 Å². The summed E-state index contributed by atoms with van der Waals surface area (Å²) >= 11 is 3.07. The Balaban J connectivity index is 1.86. The van der Waals surface area contributed by atoms with Gasteiger partial charge in [-0.05, 0) is 11.4 Å². The maximum absolute atomic E-state index is 10.3. The highest BCUT2D eigenvalue weighted by molar-refractivity contribution is 8.03. The number of ether oxygens (including phenoxy) is 1. The summed E-state index contributed by atoms with van der Waals surface area (Å²) in [6.45, 7) is -0.282. The Hall–Kier alpha value is -0.980. The van der Waals surface area contributed by atoms with Crippen LogP contribution in [0.25, 0.3) is 5.70 Å². The van der Waals surface area contributed by atoms with Crippen molar-refractivity contribution in [3.8, 4) is 0 Å². The van der Waals surface area contributed by atoms with Gasteiger partial charge in [-0.25, -0.2) is 4.79 Å². The average Bonchev–Trinajstić information content (AvgIpc) is 2.85. The van der Waals surface area contributed by atoms with Crippen molar-refractivity contribution in [2.45, 2.75) is 5.56 Å². The number of carbonyl (C=O) groups is 1. The van der Waals surface area contributed by atoms with Crippen molar-refractivity contribution < 1.29 is 14.6 Å². The lowest BCUT2D eigenvalue weighted by Gasteiger charge is -2.11. The summed E-state index contributed by atoms with van der Waals surface area (Å²) in [4.78, 5) is 11.4. The number of nitrogens with one attached hydrogen (secondary N) is 1. The van der Waals surface area contributed by atoms with E-state index in [0.29, 0.717) is 0 Å². The lowest BCUT2D eigenvalue weighted by molar-refractivity contribution is -0.142. The Morgan fingerprint density at radius 2 is 2.53 bits per heavy atom. The molecule has 4 nitrogen and oxygen atoms in total. The van der Waals surface area contributed by atoms with Gasteiger partial charge in [-0.2, -0.15) is 0 Å². The minimum absolute atomic E-state index is 0.282. The normalized spacial score (nSPS) is 19.7. The number of carboxylic acids is 1. The molecule has 0 radical (unpaired) electrons. The lowest BCUT2D eigenvalue weighted by atomic mass is 10.4. The maximum atomic E-state index is 10.3. The minimum atomic E-state index is -0.957. The molecule has 1 unspecified atom stereocenters. The Labute approximate surface area is 94.9 Å². The van der Waals surface area contributed by atoms with Crippen LogP contribution >= 0.6 is 23.1 Å². The number of carboxylic acid groups (broad SMARTS) is 1. The predicted molar refractivity (Wildman–Crippen MR) is 60.4 cm³/mol.